The number of aromatic nitrogens is 7. The number of terminal acetylenes is 1. The standard InChI is InChI=1S/C20H15BrF3N5O.C11H10BrN5.C9H5F3O/c1-12-9-13(2)28(26-12)17-8-5-15(21)10-18(17)29-19(11-25-27-29)14-3-6-16(7-4-14)30-20(22,23)24;1-7-5-8(2)17(15-7)11-4-3-9(12)6-10(11)14-16-13;1-2-7-3-5-8(6-4-7)13-9(10,11)12/h3-11H,1-2H3;3-6H,1-2H3;1,3-6H. The molecule has 0 aliphatic heterocycles. The molecule has 0 amide bonds. The van der Waals surface area contributed by atoms with Gasteiger partial charge in [-0.3, -0.25) is 0 Å². The van der Waals surface area contributed by atoms with Crippen molar-refractivity contribution in [3.8, 4) is 52.2 Å². The molecule has 3 aromatic heterocycles. The van der Waals surface area contributed by atoms with Gasteiger partial charge in [0.25, 0.3) is 0 Å². The van der Waals surface area contributed by atoms with Gasteiger partial charge >= 0.3 is 12.7 Å². The van der Waals surface area contributed by atoms with Crippen molar-refractivity contribution in [2.75, 3.05) is 0 Å². The van der Waals surface area contributed by atoms with Gasteiger partial charge in [-0.15, -0.1) is 37.9 Å². The third kappa shape index (κ3) is 12.0. The Hall–Kier alpha value is -6.55. The Morgan fingerprint density at radius 1 is 0.667 bits per heavy atom. The van der Waals surface area contributed by atoms with Gasteiger partial charge in [0.05, 0.1) is 46.0 Å². The molecule has 0 bridgehead atoms. The smallest absolute Gasteiger partial charge is 0.406 e. The summed E-state index contributed by atoms with van der Waals surface area (Å²) in [4.78, 5) is 2.83. The fraction of sp³-hybridized carbons (Fsp3) is 0.150. The first-order valence-electron chi connectivity index (χ1n) is 17.1. The van der Waals surface area contributed by atoms with Crippen LogP contribution >= 0.6 is 31.9 Å². The molecule has 60 heavy (non-hydrogen) atoms. The summed E-state index contributed by atoms with van der Waals surface area (Å²) in [5.74, 6) is 1.71. The zero-order valence-electron chi connectivity index (χ0n) is 31.7. The highest BCUT2D eigenvalue weighted by Gasteiger charge is 2.31. The van der Waals surface area contributed by atoms with E-state index >= 15 is 0 Å². The van der Waals surface area contributed by atoms with E-state index in [2.05, 4.69) is 77.8 Å². The number of rotatable bonds is 7. The van der Waals surface area contributed by atoms with Crippen LogP contribution in [-0.4, -0.2) is 47.3 Å². The van der Waals surface area contributed by atoms with Crippen LogP contribution in [0.4, 0.5) is 32.0 Å². The highest BCUT2D eigenvalue weighted by molar-refractivity contribution is 9.10. The van der Waals surface area contributed by atoms with E-state index in [0.717, 1.165) is 43.1 Å². The predicted molar refractivity (Wildman–Crippen MR) is 218 cm³/mol. The lowest BCUT2D eigenvalue weighted by atomic mass is 10.1. The van der Waals surface area contributed by atoms with Gasteiger partial charge in [-0.1, -0.05) is 48.1 Å². The van der Waals surface area contributed by atoms with Gasteiger partial charge in [-0.25, -0.2) is 14.0 Å². The van der Waals surface area contributed by atoms with Crippen molar-refractivity contribution in [2.24, 2.45) is 5.11 Å². The number of benzene rings is 4. The Morgan fingerprint density at radius 2 is 1.17 bits per heavy atom. The topological polar surface area (TPSA) is 134 Å². The van der Waals surface area contributed by atoms with Crippen LogP contribution in [0.15, 0.2) is 117 Å². The van der Waals surface area contributed by atoms with Crippen molar-refractivity contribution in [3.63, 3.8) is 0 Å². The Labute approximate surface area is 355 Å². The SMILES string of the molecule is C#Cc1ccc(OC(F)(F)F)cc1.Cc1cc(C)n(-c2ccc(Br)cc2-n2nncc2-c2ccc(OC(F)(F)F)cc2)n1.Cc1cc(C)n(-c2ccc(Br)cc2N=[N+]=[N-])n1. The van der Waals surface area contributed by atoms with Crippen molar-refractivity contribution >= 4 is 37.5 Å². The molecule has 12 nitrogen and oxygen atoms in total. The van der Waals surface area contributed by atoms with E-state index in [-0.39, 0.29) is 11.5 Å². The van der Waals surface area contributed by atoms with Crippen LogP contribution in [0.25, 0.3) is 38.8 Å². The molecule has 0 saturated heterocycles. The Bertz CT molecular complexity index is 2680. The van der Waals surface area contributed by atoms with Crippen LogP contribution in [0.2, 0.25) is 0 Å². The van der Waals surface area contributed by atoms with Gasteiger partial charge in [-0.05, 0) is 130 Å². The second-order valence-electron chi connectivity index (χ2n) is 12.5. The van der Waals surface area contributed by atoms with Crippen LogP contribution in [0.5, 0.6) is 11.5 Å². The van der Waals surface area contributed by atoms with E-state index in [9.17, 15) is 26.3 Å². The number of ether oxygens (including phenoxy) is 2. The van der Waals surface area contributed by atoms with E-state index in [0.29, 0.717) is 28.2 Å². The second-order valence-corrected chi connectivity index (χ2v) is 14.3. The average molecular weight is 957 g/mol. The van der Waals surface area contributed by atoms with Crippen LogP contribution < -0.4 is 9.47 Å². The zero-order chi connectivity index (χ0) is 43.8. The van der Waals surface area contributed by atoms with Crippen LogP contribution in [-0.2, 0) is 0 Å². The summed E-state index contributed by atoms with van der Waals surface area (Å²) < 4.78 is 86.7. The number of alkyl halides is 6. The second kappa shape index (κ2) is 19.0. The summed E-state index contributed by atoms with van der Waals surface area (Å²) >= 11 is 6.83. The van der Waals surface area contributed by atoms with E-state index in [4.69, 9.17) is 12.0 Å². The van der Waals surface area contributed by atoms with E-state index in [1.807, 2.05) is 74.8 Å². The molecule has 0 unspecified atom stereocenters. The molecule has 3 heterocycles. The lowest BCUT2D eigenvalue weighted by Gasteiger charge is -2.14. The Morgan fingerprint density at radius 3 is 1.65 bits per heavy atom. The highest BCUT2D eigenvalue weighted by atomic mass is 79.9. The van der Waals surface area contributed by atoms with Crippen LogP contribution in [0.3, 0.4) is 0 Å². The number of halogens is 8. The number of hydrogen-bond acceptors (Lipinski definition) is 7. The van der Waals surface area contributed by atoms with Gasteiger partial charge in [-0.2, -0.15) is 10.2 Å². The van der Waals surface area contributed by atoms with Gasteiger partial charge in [0, 0.05) is 36.4 Å². The van der Waals surface area contributed by atoms with Crippen LogP contribution in [0, 0.1) is 40.0 Å². The maximum absolute atomic E-state index is 12.4. The molecule has 308 valence electrons. The lowest BCUT2D eigenvalue weighted by molar-refractivity contribution is -0.275. The molecule has 0 radical (unpaired) electrons. The molecule has 0 saturated carbocycles. The number of azide groups is 1. The summed E-state index contributed by atoms with van der Waals surface area (Å²) in [6, 6.07) is 25.8. The van der Waals surface area contributed by atoms with Crippen LogP contribution in [0.1, 0.15) is 28.3 Å². The number of hydrogen-bond donors (Lipinski definition) is 0. The average Bonchev–Trinajstić information content (AvgIpc) is 3.89. The Balaban J connectivity index is 0.000000191. The fourth-order valence-corrected chi connectivity index (χ4v) is 6.28. The zero-order valence-corrected chi connectivity index (χ0v) is 34.9. The van der Waals surface area contributed by atoms with E-state index in [1.54, 1.807) is 21.6 Å². The maximum atomic E-state index is 12.4. The quantitative estimate of drug-likeness (QED) is 0.0513. The summed E-state index contributed by atoms with van der Waals surface area (Å²) in [5.41, 5.74) is 16.9. The van der Waals surface area contributed by atoms with Gasteiger partial charge < -0.3 is 9.47 Å². The molecule has 0 atom stereocenters. The van der Waals surface area contributed by atoms with E-state index in [1.165, 1.54) is 48.5 Å². The molecule has 0 fully saturated rings. The minimum atomic E-state index is -4.74. The van der Waals surface area contributed by atoms with Crippen molar-refractivity contribution in [3.05, 3.63) is 151 Å². The molecule has 4 aromatic carbocycles. The monoisotopic (exact) mass is 954 g/mol. The number of nitrogens with zero attached hydrogens (tertiary/aromatic N) is 10. The summed E-state index contributed by atoms with van der Waals surface area (Å²) in [7, 11) is 0. The molecular weight excluding hydrogens is 926 g/mol. The predicted octanol–water partition coefficient (Wildman–Crippen LogP) is 12.2. The Kier molecular flexibility index (Phi) is 14.1. The minimum absolute atomic E-state index is 0.272. The van der Waals surface area contributed by atoms with Gasteiger partial charge in [0.2, 0.25) is 0 Å². The molecule has 0 N–H and O–H groups in total. The summed E-state index contributed by atoms with van der Waals surface area (Å²) in [6.07, 6.45) is -2.83. The highest BCUT2D eigenvalue weighted by Crippen LogP contribution is 2.32. The molecule has 0 spiro atoms. The van der Waals surface area contributed by atoms with Crippen molar-refractivity contribution < 1.29 is 35.8 Å². The molecular formula is C40H30Br2F6N10O2. The van der Waals surface area contributed by atoms with Crippen molar-refractivity contribution in [2.45, 2.75) is 40.4 Å². The first-order valence-corrected chi connectivity index (χ1v) is 18.7. The van der Waals surface area contributed by atoms with Gasteiger partial charge in [0.1, 0.15) is 11.5 Å². The number of aryl methyl sites for hydroxylation is 4. The largest absolute Gasteiger partial charge is 0.573 e. The first kappa shape index (κ1) is 44.6. The van der Waals surface area contributed by atoms with Crippen molar-refractivity contribution in [1.82, 2.24) is 34.6 Å². The van der Waals surface area contributed by atoms with Gasteiger partial charge in [0.15, 0.2) is 0 Å². The maximum Gasteiger partial charge on any atom is 0.573 e. The third-order valence-corrected chi connectivity index (χ3v) is 8.91. The molecule has 7 aromatic rings. The summed E-state index contributed by atoms with van der Waals surface area (Å²) in [5, 5.41) is 20.8. The van der Waals surface area contributed by atoms with E-state index < -0.39 is 12.7 Å². The molecule has 0 aliphatic carbocycles. The fourth-order valence-electron chi connectivity index (χ4n) is 5.58. The minimum Gasteiger partial charge on any atom is -0.406 e. The normalized spacial score (nSPS) is 11.0. The molecule has 7 rings (SSSR count). The first-order chi connectivity index (χ1) is 28.3. The summed E-state index contributed by atoms with van der Waals surface area (Å²) in [6.45, 7) is 7.75. The lowest BCUT2D eigenvalue weighted by Crippen LogP contribution is -2.17. The molecule has 20 heteroatoms. The third-order valence-electron chi connectivity index (χ3n) is 7.92. The molecule has 0 aliphatic rings. The van der Waals surface area contributed by atoms with Crippen molar-refractivity contribution in [1.29, 1.82) is 0 Å².